The molecule has 2 aromatic heterocycles. The second-order valence-electron chi connectivity index (χ2n) is 5.93. The van der Waals surface area contributed by atoms with Crippen LogP contribution >= 0.6 is 22.7 Å². The van der Waals surface area contributed by atoms with Crippen LogP contribution in [0.4, 0.5) is 15.2 Å². The van der Waals surface area contributed by atoms with E-state index in [1.165, 1.54) is 36.3 Å². The Morgan fingerprint density at radius 2 is 2.16 bits per heavy atom. The molecule has 0 bridgehead atoms. The minimum absolute atomic E-state index is 0.202. The van der Waals surface area contributed by atoms with Crippen molar-refractivity contribution in [1.29, 1.82) is 0 Å². The second kappa shape index (κ2) is 7.07. The smallest absolute Gasteiger partial charge is 0.265 e. The van der Waals surface area contributed by atoms with Crippen molar-refractivity contribution in [3.8, 4) is 0 Å². The Kier molecular flexibility index (Phi) is 4.65. The summed E-state index contributed by atoms with van der Waals surface area (Å²) in [6.45, 7) is 1.96. The lowest BCUT2D eigenvalue weighted by Gasteiger charge is -2.09. The summed E-state index contributed by atoms with van der Waals surface area (Å²) >= 11 is 2.92. The van der Waals surface area contributed by atoms with Gasteiger partial charge in [-0.05, 0) is 49.7 Å². The van der Waals surface area contributed by atoms with Crippen LogP contribution in [0.2, 0.25) is 0 Å². The van der Waals surface area contributed by atoms with Gasteiger partial charge in [0.25, 0.3) is 5.91 Å². The highest BCUT2D eigenvalue weighted by molar-refractivity contribution is 7.29. The third-order valence-electron chi connectivity index (χ3n) is 4.08. The molecule has 1 aromatic carbocycles. The molecule has 0 saturated carbocycles. The predicted molar refractivity (Wildman–Crippen MR) is 101 cm³/mol. The van der Waals surface area contributed by atoms with Crippen LogP contribution in [0.1, 0.15) is 22.5 Å². The molecule has 0 radical (unpaired) electrons. The molecule has 5 nitrogen and oxygen atoms in total. The molecule has 1 saturated heterocycles. The summed E-state index contributed by atoms with van der Waals surface area (Å²) < 4.78 is 13.9. The van der Waals surface area contributed by atoms with Gasteiger partial charge in [0.1, 0.15) is 10.6 Å². The van der Waals surface area contributed by atoms with E-state index in [2.05, 4.69) is 20.9 Å². The van der Waals surface area contributed by atoms with Crippen molar-refractivity contribution < 1.29 is 9.18 Å². The predicted octanol–water partition coefficient (Wildman–Crippen LogP) is 3.91. The molecular weight excluding hydrogens is 359 g/mol. The molecule has 130 valence electrons. The van der Waals surface area contributed by atoms with Crippen LogP contribution in [0.25, 0.3) is 9.53 Å². The topological polar surface area (TPSA) is 66.1 Å². The van der Waals surface area contributed by atoms with E-state index in [-0.39, 0.29) is 11.7 Å². The first-order valence-corrected chi connectivity index (χ1v) is 9.75. The maximum absolute atomic E-state index is 12.9. The Labute approximate surface area is 152 Å². The van der Waals surface area contributed by atoms with Gasteiger partial charge in [0.05, 0.1) is 9.58 Å². The van der Waals surface area contributed by atoms with Crippen LogP contribution in [0, 0.1) is 5.82 Å². The summed E-state index contributed by atoms with van der Waals surface area (Å²) in [6, 6.07) is 8.10. The number of thiazole rings is 1. The number of thiophene rings is 1. The van der Waals surface area contributed by atoms with Crippen LogP contribution in [-0.4, -0.2) is 30.0 Å². The molecule has 3 heterocycles. The fourth-order valence-electron chi connectivity index (χ4n) is 2.79. The van der Waals surface area contributed by atoms with Crippen molar-refractivity contribution in [3.63, 3.8) is 0 Å². The summed E-state index contributed by atoms with van der Waals surface area (Å²) in [7, 11) is 0. The van der Waals surface area contributed by atoms with Crippen molar-refractivity contribution in [2.45, 2.75) is 18.9 Å². The number of anilines is 2. The van der Waals surface area contributed by atoms with E-state index in [0.29, 0.717) is 16.6 Å². The van der Waals surface area contributed by atoms with E-state index in [9.17, 15) is 9.18 Å². The zero-order valence-corrected chi connectivity index (χ0v) is 15.0. The van der Waals surface area contributed by atoms with E-state index in [0.717, 1.165) is 27.8 Å². The first-order valence-electron chi connectivity index (χ1n) is 8.12. The maximum atomic E-state index is 12.9. The average molecular weight is 376 g/mol. The number of nitrogens with zero attached hydrogens (tertiary/aromatic N) is 1. The van der Waals surface area contributed by atoms with Gasteiger partial charge in [-0.15, -0.1) is 11.3 Å². The van der Waals surface area contributed by atoms with Gasteiger partial charge in [-0.3, -0.25) is 4.79 Å². The molecule has 4 rings (SSSR count). The first kappa shape index (κ1) is 16.4. The largest absolute Gasteiger partial charge is 0.360 e. The van der Waals surface area contributed by atoms with E-state index >= 15 is 0 Å². The first-order chi connectivity index (χ1) is 12.2. The van der Waals surface area contributed by atoms with Gasteiger partial charge in [-0.1, -0.05) is 11.3 Å². The van der Waals surface area contributed by atoms with E-state index < -0.39 is 0 Å². The zero-order valence-electron chi connectivity index (χ0n) is 13.3. The number of nitrogens with one attached hydrogen (secondary N) is 3. The Hall–Kier alpha value is -2.03. The number of fused-ring (bicyclic) bond motifs is 1. The number of benzene rings is 1. The van der Waals surface area contributed by atoms with Crippen molar-refractivity contribution in [2.24, 2.45) is 0 Å². The van der Waals surface area contributed by atoms with Gasteiger partial charge in [0, 0.05) is 18.3 Å². The molecule has 1 unspecified atom stereocenters. The monoisotopic (exact) mass is 376 g/mol. The van der Waals surface area contributed by atoms with Crippen molar-refractivity contribution in [3.05, 3.63) is 41.0 Å². The third kappa shape index (κ3) is 3.81. The Morgan fingerprint density at radius 3 is 2.88 bits per heavy atom. The number of hydrogen-bond donors (Lipinski definition) is 3. The summed E-state index contributed by atoms with van der Waals surface area (Å²) in [4.78, 5) is 18.3. The summed E-state index contributed by atoms with van der Waals surface area (Å²) in [5.41, 5.74) is 0.572. The van der Waals surface area contributed by atoms with Crippen LogP contribution in [0.15, 0.2) is 30.3 Å². The van der Waals surface area contributed by atoms with Crippen molar-refractivity contribution in [1.82, 2.24) is 10.3 Å². The van der Waals surface area contributed by atoms with Crippen LogP contribution in [0.3, 0.4) is 0 Å². The minimum Gasteiger partial charge on any atom is -0.360 e. The van der Waals surface area contributed by atoms with Gasteiger partial charge >= 0.3 is 0 Å². The number of halogens is 1. The molecule has 1 aliphatic heterocycles. The molecule has 1 fully saturated rings. The number of carbonyl (C=O) groups is 1. The molecular formula is C17H17FN4OS2. The normalized spacial score (nSPS) is 17.1. The minimum atomic E-state index is -0.327. The highest BCUT2D eigenvalue weighted by Crippen LogP contribution is 2.33. The molecule has 3 aromatic rings. The molecule has 0 spiro atoms. The highest BCUT2D eigenvalue weighted by Gasteiger charge is 2.16. The lowest BCUT2D eigenvalue weighted by molar-refractivity contribution is 0.103. The van der Waals surface area contributed by atoms with E-state index in [1.54, 1.807) is 23.5 Å². The summed E-state index contributed by atoms with van der Waals surface area (Å²) in [5, 5.41) is 10.5. The molecule has 25 heavy (non-hydrogen) atoms. The zero-order chi connectivity index (χ0) is 17.2. The molecule has 3 N–H and O–H groups in total. The molecule has 1 atom stereocenters. The standard InChI is InChI=1S/C17H17FN4OS2/c18-10-3-5-11(6-4-10)21-15(23)13-8-14-16(24-13)22-17(25-14)20-9-12-2-1-7-19-12/h3-6,8,12,19H,1-2,7,9H2,(H,20,22)(H,21,23). The summed E-state index contributed by atoms with van der Waals surface area (Å²) in [6.07, 6.45) is 2.42. The number of carbonyl (C=O) groups excluding carboxylic acids is 1. The SMILES string of the molecule is O=C(Nc1ccc(F)cc1)c1cc2sc(NCC3CCCN3)nc2s1. The molecule has 0 aliphatic carbocycles. The molecule has 1 aliphatic rings. The van der Waals surface area contributed by atoms with Gasteiger partial charge in [-0.25, -0.2) is 9.37 Å². The Morgan fingerprint density at radius 1 is 1.32 bits per heavy atom. The quantitative estimate of drug-likeness (QED) is 0.632. The highest BCUT2D eigenvalue weighted by atomic mass is 32.1. The van der Waals surface area contributed by atoms with Gasteiger partial charge in [0.2, 0.25) is 0 Å². The van der Waals surface area contributed by atoms with Gasteiger partial charge in [0.15, 0.2) is 5.13 Å². The fourth-order valence-corrected chi connectivity index (χ4v) is 4.81. The number of aromatic nitrogens is 1. The van der Waals surface area contributed by atoms with E-state index in [1.807, 2.05) is 6.07 Å². The van der Waals surface area contributed by atoms with Crippen LogP contribution in [0.5, 0.6) is 0 Å². The number of rotatable bonds is 5. The molecule has 8 heteroatoms. The van der Waals surface area contributed by atoms with E-state index in [4.69, 9.17) is 0 Å². The number of hydrogen-bond acceptors (Lipinski definition) is 6. The van der Waals surface area contributed by atoms with Crippen molar-refractivity contribution >= 4 is 48.9 Å². The van der Waals surface area contributed by atoms with Crippen molar-refractivity contribution in [2.75, 3.05) is 23.7 Å². The summed E-state index contributed by atoms with van der Waals surface area (Å²) in [5.74, 6) is -0.529. The average Bonchev–Trinajstić information content (AvgIpc) is 3.30. The lowest BCUT2D eigenvalue weighted by Crippen LogP contribution is -2.29. The fraction of sp³-hybridized carbons (Fsp3) is 0.294. The van der Waals surface area contributed by atoms with Gasteiger partial charge in [-0.2, -0.15) is 0 Å². The van der Waals surface area contributed by atoms with Gasteiger partial charge < -0.3 is 16.0 Å². The maximum Gasteiger partial charge on any atom is 0.265 e. The molecule has 1 amide bonds. The third-order valence-corrected chi connectivity index (χ3v) is 6.19. The Balaban J connectivity index is 1.41. The lowest BCUT2D eigenvalue weighted by atomic mass is 10.2. The Bertz CT molecular complexity index is 852. The second-order valence-corrected chi connectivity index (χ2v) is 8.00. The van der Waals surface area contributed by atoms with Crippen LogP contribution < -0.4 is 16.0 Å². The van der Waals surface area contributed by atoms with Crippen LogP contribution in [-0.2, 0) is 0 Å². The number of amides is 1.